The molecule has 1 aliphatic rings. The number of nitrogens with one attached hydrogen (secondary N) is 2. The van der Waals surface area contributed by atoms with Crippen LogP contribution in [0.3, 0.4) is 0 Å². The molecule has 2 heterocycles. The topological polar surface area (TPSA) is 120 Å². The van der Waals surface area contributed by atoms with E-state index in [0.29, 0.717) is 40.9 Å². The zero-order chi connectivity index (χ0) is 24.8. The number of carbonyl (C=O) groups is 2. The van der Waals surface area contributed by atoms with Crippen molar-refractivity contribution < 1.29 is 19.1 Å². The van der Waals surface area contributed by atoms with Gasteiger partial charge < -0.3 is 20.1 Å². The van der Waals surface area contributed by atoms with Crippen LogP contribution in [0.15, 0.2) is 24.3 Å². The number of ether oxygens (including phenoxy) is 2. The summed E-state index contributed by atoms with van der Waals surface area (Å²) in [7, 11) is 1.59. The molecule has 2 N–H and O–H groups in total. The minimum atomic E-state index is -0.299. The van der Waals surface area contributed by atoms with Gasteiger partial charge in [-0.25, -0.2) is 4.68 Å². The van der Waals surface area contributed by atoms with Crippen LogP contribution in [0, 0.1) is 0 Å². The van der Waals surface area contributed by atoms with Crippen molar-refractivity contribution in [3.8, 4) is 5.75 Å². The molecule has 11 heteroatoms. The second-order valence-corrected chi connectivity index (χ2v) is 9.67. The minimum absolute atomic E-state index is 0.109. The number of anilines is 1. The molecular weight excluding hydrogens is 468 g/mol. The fraction of sp³-hybridized carbons (Fsp3) is 0.458. The summed E-state index contributed by atoms with van der Waals surface area (Å²) in [4.78, 5) is 27.3. The van der Waals surface area contributed by atoms with Crippen LogP contribution >= 0.6 is 11.3 Å². The van der Waals surface area contributed by atoms with Crippen molar-refractivity contribution in [3.05, 3.63) is 51.7 Å². The largest absolute Gasteiger partial charge is 0.486 e. The molecule has 2 amide bonds. The molecule has 1 aromatic carbocycles. The van der Waals surface area contributed by atoms with E-state index in [9.17, 15) is 9.59 Å². The third-order valence-electron chi connectivity index (χ3n) is 5.73. The van der Waals surface area contributed by atoms with Crippen LogP contribution in [0.25, 0.3) is 0 Å². The fourth-order valence-electron chi connectivity index (χ4n) is 4.01. The van der Waals surface area contributed by atoms with E-state index >= 15 is 0 Å². The number of hydrogen-bond acceptors (Lipinski definition) is 8. The number of amides is 2. The number of carbonyl (C=O) groups excluding carboxylic acids is 2. The van der Waals surface area contributed by atoms with Gasteiger partial charge in [-0.3, -0.25) is 9.59 Å². The zero-order valence-corrected chi connectivity index (χ0v) is 21.0. The second-order valence-electron chi connectivity index (χ2n) is 8.57. The molecule has 0 saturated carbocycles. The standard InChI is InChI=1S/C24H30N6O4S/c1-15(2)30-20(27-28-29-30)14-34-17-8-6-7-16(13-17)22(31)26-24-21(23(32)25-11-12-33-3)18-9-4-5-10-19(18)35-24/h6-8,13,15H,4-5,9-12,14H2,1-3H3,(H,25,32)(H,26,31). The molecule has 0 aliphatic heterocycles. The van der Waals surface area contributed by atoms with Gasteiger partial charge in [0.05, 0.1) is 18.2 Å². The Hall–Kier alpha value is -3.31. The highest BCUT2D eigenvalue weighted by atomic mass is 32.1. The lowest BCUT2D eigenvalue weighted by Crippen LogP contribution is -2.28. The molecule has 4 rings (SSSR count). The lowest BCUT2D eigenvalue weighted by molar-refractivity contribution is 0.0937. The van der Waals surface area contributed by atoms with Crippen molar-refractivity contribution in [3.63, 3.8) is 0 Å². The number of fused-ring (bicyclic) bond motifs is 1. The number of rotatable bonds is 10. The van der Waals surface area contributed by atoms with E-state index in [1.165, 1.54) is 16.2 Å². The number of thiophene rings is 1. The number of nitrogens with zero attached hydrogens (tertiary/aromatic N) is 4. The number of methoxy groups -OCH3 is 1. The molecular formula is C24H30N6O4S. The molecule has 186 valence electrons. The Morgan fingerprint density at radius 1 is 1.20 bits per heavy atom. The summed E-state index contributed by atoms with van der Waals surface area (Å²) < 4.78 is 12.6. The molecule has 2 aromatic heterocycles. The van der Waals surface area contributed by atoms with E-state index in [1.54, 1.807) is 36.1 Å². The van der Waals surface area contributed by atoms with Crippen molar-refractivity contribution in [2.24, 2.45) is 0 Å². The van der Waals surface area contributed by atoms with E-state index in [-0.39, 0.29) is 24.5 Å². The quantitative estimate of drug-likeness (QED) is 0.411. The van der Waals surface area contributed by atoms with Crippen LogP contribution in [0.4, 0.5) is 5.00 Å². The predicted octanol–water partition coefficient (Wildman–Crippen LogP) is 3.40. The maximum atomic E-state index is 13.1. The molecule has 0 radical (unpaired) electrons. The maximum Gasteiger partial charge on any atom is 0.256 e. The lowest BCUT2D eigenvalue weighted by atomic mass is 9.95. The first kappa shape index (κ1) is 24.8. The minimum Gasteiger partial charge on any atom is -0.486 e. The third-order valence-corrected chi connectivity index (χ3v) is 6.94. The lowest BCUT2D eigenvalue weighted by Gasteiger charge is -2.13. The van der Waals surface area contributed by atoms with Crippen molar-refractivity contribution >= 4 is 28.2 Å². The van der Waals surface area contributed by atoms with Gasteiger partial charge in [-0.1, -0.05) is 6.07 Å². The molecule has 0 bridgehead atoms. The highest BCUT2D eigenvalue weighted by Gasteiger charge is 2.26. The van der Waals surface area contributed by atoms with E-state index in [2.05, 4.69) is 26.2 Å². The Balaban J connectivity index is 1.49. The summed E-state index contributed by atoms with van der Waals surface area (Å²) in [6.07, 6.45) is 3.89. The van der Waals surface area contributed by atoms with Crippen LogP contribution in [0.2, 0.25) is 0 Å². The van der Waals surface area contributed by atoms with Crippen molar-refractivity contribution in [2.75, 3.05) is 25.6 Å². The van der Waals surface area contributed by atoms with Crippen LogP contribution in [-0.2, 0) is 24.2 Å². The van der Waals surface area contributed by atoms with Gasteiger partial charge in [-0.2, -0.15) is 0 Å². The van der Waals surface area contributed by atoms with Crippen molar-refractivity contribution in [1.82, 2.24) is 25.5 Å². The van der Waals surface area contributed by atoms with Crippen molar-refractivity contribution in [1.29, 1.82) is 0 Å². The van der Waals surface area contributed by atoms with Gasteiger partial charge in [-0.05, 0) is 73.7 Å². The van der Waals surface area contributed by atoms with E-state index in [1.807, 2.05) is 13.8 Å². The van der Waals surface area contributed by atoms with Crippen LogP contribution < -0.4 is 15.4 Å². The van der Waals surface area contributed by atoms with E-state index < -0.39 is 0 Å². The summed E-state index contributed by atoms with van der Waals surface area (Å²) >= 11 is 1.49. The Morgan fingerprint density at radius 3 is 2.83 bits per heavy atom. The first-order valence-electron chi connectivity index (χ1n) is 11.7. The number of aryl methyl sites for hydroxylation is 1. The normalized spacial score (nSPS) is 12.9. The third kappa shape index (κ3) is 5.85. The first-order chi connectivity index (χ1) is 17.0. The van der Waals surface area contributed by atoms with Gasteiger partial charge in [0.15, 0.2) is 5.82 Å². The van der Waals surface area contributed by atoms with E-state index in [4.69, 9.17) is 9.47 Å². The maximum absolute atomic E-state index is 13.1. The van der Waals surface area contributed by atoms with Gasteiger partial charge in [0, 0.05) is 24.1 Å². The number of benzene rings is 1. The van der Waals surface area contributed by atoms with Gasteiger partial charge in [0.2, 0.25) is 0 Å². The van der Waals surface area contributed by atoms with Crippen molar-refractivity contribution in [2.45, 2.75) is 52.2 Å². The van der Waals surface area contributed by atoms with Gasteiger partial charge in [-0.15, -0.1) is 16.4 Å². The molecule has 0 unspecified atom stereocenters. The summed E-state index contributed by atoms with van der Waals surface area (Å²) in [6, 6.07) is 7.03. The Bertz CT molecular complexity index is 1190. The summed E-state index contributed by atoms with van der Waals surface area (Å²) in [5.74, 6) is 0.644. The first-order valence-corrected chi connectivity index (χ1v) is 12.5. The zero-order valence-electron chi connectivity index (χ0n) is 20.2. The number of aromatic nitrogens is 4. The summed E-state index contributed by atoms with van der Waals surface area (Å²) in [5, 5.41) is 18.1. The highest BCUT2D eigenvalue weighted by molar-refractivity contribution is 7.17. The Labute approximate surface area is 208 Å². The van der Waals surface area contributed by atoms with Gasteiger partial charge >= 0.3 is 0 Å². The van der Waals surface area contributed by atoms with Crippen LogP contribution in [-0.4, -0.2) is 52.3 Å². The predicted molar refractivity (Wildman–Crippen MR) is 132 cm³/mol. The Morgan fingerprint density at radius 2 is 2.03 bits per heavy atom. The average Bonchev–Trinajstić information content (AvgIpc) is 3.47. The van der Waals surface area contributed by atoms with Crippen LogP contribution in [0.5, 0.6) is 5.75 Å². The SMILES string of the molecule is COCCNC(=O)c1c(NC(=O)c2cccc(OCc3nnnn3C(C)C)c2)sc2c1CCCC2. The van der Waals surface area contributed by atoms with Gasteiger partial charge in [0.1, 0.15) is 17.4 Å². The number of hydrogen-bond donors (Lipinski definition) is 2. The molecule has 0 fully saturated rings. The number of tetrazole rings is 1. The second kappa shape index (κ2) is 11.4. The highest BCUT2D eigenvalue weighted by Crippen LogP contribution is 2.38. The van der Waals surface area contributed by atoms with Gasteiger partial charge in [0.25, 0.3) is 11.8 Å². The smallest absolute Gasteiger partial charge is 0.256 e. The molecule has 0 saturated heterocycles. The average molecular weight is 499 g/mol. The Kier molecular flexibility index (Phi) is 8.09. The fourth-order valence-corrected chi connectivity index (χ4v) is 5.29. The van der Waals surface area contributed by atoms with E-state index in [0.717, 1.165) is 31.2 Å². The summed E-state index contributed by atoms with van der Waals surface area (Å²) in [5.41, 5.74) is 2.05. The molecule has 3 aromatic rings. The molecule has 1 aliphatic carbocycles. The summed E-state index contributed by atoms with van der Waals surface area (Å²) in [6.45, 7) is 4.99. The monoisotopic (exact) mass is 498 g/mol. The van der Waals surface area contributed by atoms with Crippen LogP contribution in [0.1, 0.15) is 69.7 Å². The molecule has 35 heavy (non-hydrogen) atoms. The molecule has 0 atom stereocenters. The molecule has 0 spiro atoms. The molecule has 10 nitrogen and oxygen atoms in total.